The minimum atomic E-state index is -4.22. The fourth-order valence-corrected chi connectivity index (χ4v) is 1.67. The van der Waals surface area contributed by atoms with E-state index >= 15 is 0 Å². The second kappa shape index (κ2) is 7.79. The predicted molar refractivity (Wildman–Crippen MR) is 71.6 cm³/mol. The number of ether oxygens (including phenoxy) is 1. The molecule has 0 saturated carbocycles. The summed E-state index contributed by atoms with van der Waals surface area (Å²) in [6, 6.07) is 5.66. The van der Waals surface area contributed by atoms with E-state index in [1.54, 1.807) is 0 Å². The van der Waals surface area contributed by atoms with E-state index < -0.39 is 30.6 Å². The Morgan fingerprint density at radius 1 is 1.27 bits per heavy atom. The topological polar surface area (TPSA) is 75.6 Å². The number of halogens is 3. The van der Waals surface area contributed by atoms with Crippen LogP contribution in [0.25, 0.3) is 0 Å². The lowest BCUT2D eigenvalue weighted by Gasteiger charge is -2.12. The van der Waals surface area contributed by atoms with Crippen molar-refractivity contribution in [3.8, 4) is 0 Å². The lowest BCUT2D eigenvalue weighted by Crippen LogP contribution is -2.37. The third kappa shape index (κ3) is 6.13. The number of aliphatic carboxylic acids is 1. The number of benzene rings is 1. The van der Waals surface area contributed by atoms with E-state index in [0.717, 1.165) is 0 Å². The lowest BCUT2D eigenvalue weighted by molar-refractivity contribution is -0.148. The molecule has 22 heavy (non-hydrogen) atoms. The Kier molecular flexibility index (Phi) is 6.36. The van der Waals surface area contributed by atoms with E-state index in [-0.39, 0.29) is 18.5 Å². The Morgan fingerprint density at radius 3 is 2.32 bits per heavy atom. The Morgan fingerprint density at radius 2 is 1.86 bits per heavy atom. The number of hydrogen-bond acceptors (Lipinski definition) is 3. The molecule has 0 aliphatic rings. The highest BCUT2D eigenvalue weighted by molar-refractivity contribution is 5.94. The van der Waals surface area contributed by atoms with E-state index in [0.29, 0.717) is 5.56 Å². The zero-order valence-electron chi connectivity index (χ0n) is 11.8. The summed E-state index contributed by atoms with van der Waals surface area (Å²) in [6.45, 7) is -0.208. The van der Waals surface area contributed by atoms with Gasteiger partial charge in [-0.3, -0.25) is 4.79 Å². The van der Waals surface area contributed by atoms with Crippen molar-refractivity contribution in [2.75, 3.05) is 13.7 Å². The van der Waals surface area contributed by atoms with E-state index in [1.807, 2.05) is 0 Å². The zero-order chi connectivity index (χ0) is 16.8. The summed E-state index contributed by atoms with van der Waals surface area (Å²) in [6.07, 6.45) is -6.46. The Balaban J connectivity index is 2.55. The monoisotopic (exact) mass is 319 g/mol. The van der Waals surface area contributed by atoms with Crippen LogP contribution in [0.2, 0.25) is 0 Å². The van der Waals surface area contributed by atoms with Gasteiger partial charge >= 0.3 is 12.1 Å². The van der Waals surface area contributed by atoms with Gasteiger partial charge in [0, 0.05) is 19.1 Å². The van der Waals surface area contributed by atoms with Crippen molar-refractivity contribution in [3.63, 3.8) is 0 Å². The molecule has 0 heterocycles. The van der Waals surface area contributed by atoms with Gasteiger partial charge in [0.15, 0.2) is 6.10 Å². The summed E-state index contributed by atoms with van der Waals surface area (Å²) in [5.41, 5.74) is 0.699. The van der Waals surface area contributed by atoms with Crippen molar-refractivity contribution in [3.05, 3.63) is 35.4 Å². The molecular formula is C14H16F3NO4. The second-order valence-electron chi connectivity index (χ2n) is 4.58. The maximum atomic E-state index is 12.1. The number of methoxy groups -OCH3 is 1. The molecule has 1 aromatic rings. The largest absolute Gasteiger partial charge is 0.479 e. The van der Waals surface area contributed by atoms with Crippen molar-refractivity contribution >= 4 is 11.9 Å². The number of alkyl halides is 3. The molecule has 1 atom stereocenters. The summed E-state index contributed by atoms with van der Waals surface area (Å²) in [5.74, 6) is -1.73. The Labute approximate surface area is 125 Å². The molecule has 1 unspecified atom stereocenters. The van der Waals surface area contributed by atoms with Crippen molar-refractivity contribution in [1.29, 1.82) is 0 Å². The van der Waals surface area contributed by atoms with Gasteiger partial charge < -0.3 is 15.2 Å². The molecule has 0 fully saturated rings. The minimum absolute atomic E-state index is 0.157. The standard InChI is InChI=1S/C14H16F3NO4/c1-22-11(13(20)21)8-18-12(19)10-4-2-9(3-5-10)6-7-14(15,16)17/h2-5,11H,6-8H2,1H3,(H,18,19)(H,20,21). The van der Waals surface area contributed by atoms with Crippen molar-refractivity contribution in [2.45, 2.75) is 25.1 Å². The van der Waals surface area contributed by atoms with Crippen molar-refractivity contribution in [2.24, 2.45) is 0 Å². The first kappa shape index (κ1) is 18.0. The maximum absolute atomic E-state index is 12.1. The minimum Gasteiger partial charge on any atom is -0.479 e. The van der Waals surface area contributed by atoms with Crippen molar-refractivity contribution < 1.29 is 32.6 Å². The fraction of sp³-hybridized carbons (Fsp3) is 0.429. The molecule has 1 rings (SSSR count). The third-order valence-corrected chi connectivity index (χ3v) is 2.92. The number of carbonyl (C=O) groups is 2. The number of rotatable bonds is 7. The van der Waals surface area contributed by atoms with Crippen LogP contribution in [0.5, 0.6) is 0 Å². The van der Waals surface area contributed by atoms with Gasteiger partial charge in [-0.15, -0.1) is 0 Å². The molecule has 0 aromatic heterocycles. The molecule has 0 spiro atoms. The van der Waals surface area contributed by atoms with E-state index in [2.05, 4.69) is 10.1 Å². The molecule has 0 aliphatic carbocycles. The van der Waals surface area contributed by atoms with Crippen LogP contribution >= 0.6 is 0 Å². The first-order valence-corrected chi connectivity index (χ1v) is 6.42. The van der Waals surface area contributed by atoms with Crippen LogP contribution in [0.15, 0.2) is 24.3 Å². The predicted octanol–water partition coefficient (Wildman–Crippen LogP) is 2.01. The molecule has 0 saturated heterocycles. The summed E-state index contributed by atoms with van der Waals surface area (Å²) >= 11 is 0. The quantitative estimate of drug-likeness (QED) is 0.806. The Bertz CT molecular complexity index is 514. The van der Waals surface area contributed by atoms with Crippen LogP contribution < -0.4 is 5.32 Å². The number of carbonyl (C=O) groups excluding carboxylic acids is 1. The number of amides is 1. The van der Waals surface area contributed by atoms with E-state index in [4.69, 9.17) is 5.11 Å². The van der Waals surface area contributed by atoms with E-state index in [1.165, 1.54) is 31.4 Å². The first-order valence-electron chi connectivity index (χ1n) is 6.42. The molecule has 8 heteroatoms. The molecular weight excluding hydrogens is 303 g/mol. The van der Waals surface area contributed by atoms with Crippen LogP contribution in [0.4, 0.5) is 13.2 Å². The molecule has 5 nitrogen and oxygen atoms in total. The first-order chi connectivity index (χ1) is 10.2. The van der Waals surface area contributed by atoms with Gasteiger partial charge in [-0.05, 0) is 24.1 Å². The highest BCUT2D eigenvalue weighted by Crippen LogP contribution is 2.22. The summed E-state index contributed by atoms with van der Waals surface area (Å²) in [4.78, 5) is 22.5. The van der Waals surface area contributed by atoms with Crippen LogP contribution in [0.3, 0.4) is 0 Å². The smallest absolute Gasteiger partial charge is 0.389 e. The van der Waals surface area contributed by atoms with Crippen LogP contribution in [-0.2, 0) is 16.0 Å². The summed E-state index contributed by atoms with van der Waals surface area (Å²) in [5, 5.41) is 11.1. The number of aryl methyl sites for hydroxylation is 1. The van der Waals surface area contributed by atoms with Gasteiger partial charge in [0.2, 0.25) is 0 Å². The second-order valence-corrected chi connectivity index (χ2v) is 4.58. The molecule has 1 amide bonds. The van der Waals surface area contributed by atoms with Crippen molar-refractivity contribution in [1.82, 2.24) is 5.32 Å². The van der Waals surface area contributed by atoms with Gasteiger partial charge in [0.25, 0.3) is 5.91 Å². The van der Waals surface area contributed by atoms with Gasteiger partial charge in [-0.1, -0.05) is 12.1 Å². The number of hydrogen-bond donors (Lipinski definition) is 2. The normalized spacial score (nSPS) is 12.7. The van der Waals surface area contributed by atoms with E-state index in [9.17, 15) is 22.8 Å². The van der Waals surface area contributed by atoms with Gasteiger partial charge in [0.05, 0.1) is 6.54 Å². The molecule has 0 radical (unpaired) electrons. The number of carboxylic acids is 1. The maximum Gasteiger partial charge on any atom is 0.389 e. The molecule has 1 aromatic carbocycles. The highest BCUT2D eigenvalue weighted by atomic mass is 19.4. The fourth-order valence-electron chi connectivity index (χ4n) is 1.67. The molecule has 2 N–H and O–H groups in total. The van der Waals surface area contributed by atoms with Crippen LogP contribution in [-0.4, -0.2) is 42.9 Å². The van der Waals surface area contributed by atoms with Crippen LogP contribution in [0, 0.1) is 0 Å². The number of nitrogens with one attached hydrogen (secondary N) is 1. The summed E-state index contributed by atoms with van der Waals surface area (Å²) < 4.78 is 41.0. The van der Waals surface area contributed by atoms with Gasteiger partial charge in [0.1, 0.15) is 0 Å². The molecule has 0 aliphatic heterocycles. The number of carboxylic acid groups (broad SMARTS) is 1. The zero-order valence-corrected chi connectivity index (χ0v) is 11.8. The molecule has 122 valence electrons. The average molecular weight is 319 g/mol. The third-order valence-electron chi connectivity index (χ3n) is 2.92. The lowest BCUT2D eigenvalue weighted by atomic mass is 10.1. The highest BCUT2D eigenvalue weighted by Gasteiger charge is 2.26. The average Bonchev–Trinajstić information content (AvgIpc) is 2.45. The summed E-state index contributed by atoms with van der Waals surface area (Å²) in [7, 11) is 1.21. The van der Waals surface area contributed by atoms with Crippen LogP contribution in [0.1, 0.15) is 22.3 Å². The molecule has 0 bridgehead atoms. The van der Waals surface area contributed by atoms with Gasteiger partial charge in [-0.25, -0.2) is 4.79 Å². The SMILES string of the molecule is COC(CNC(=O)c1ccc(CCC(F)(F)F)cc1)C(=O)O. The van der Waals surface area contributed by atoms with Gasteiger partial charge in [-0.2, -0.15) is 13.2 Å². The Hall–Kier alpha value is -2.09.